The number of methoxy groups -OCH3 is 2. The monoisotopic (exact) mass is 294 g/mol. The topological polar surface area (TPSA) is 59.6 Å². The molecule has 1 amide bonds. The van der Waals surface area contributed by atoms with E-state index in [2.05, 4.69) is 24.5 Å². The molecule has 0 fully saturated rings. The van der Waals surface area contributed by atoms with Crippen LogP contribution in [0.4, 0.5) is 0 Å². The highest BCUT2D eigenvalue weighted by Crippen LogP contribution is 2.27. The van der Waals surface area contributed by atoms with Crippen LogP contribution in [-0.2, 0) is 11.2 Å². The molecular formula is C16H26N2O3. The minimum absolute atomic E-state index is 0.0728. The van der Waals surface area contributed by atoms with Crippen molar-refractivity contribution in [2.45, 2.75) is 32.7 Å². The highest BCUT2D eigenvalue weighted by atomic mass is 16.5. The van der Waals surface area contributed by atoms with Crippen molar-refractivity contribution in [3.8, 4) is 11.5 Å². The summed E-state index contributed by atoms with van der Waals surface area (Å²) in [5, 5.41) is 6.14. The minimum Gasteiger partial charge on any atom is -0.493 e. The van der Waals surface area contributed by atoms with Crippen molar-refractivity contribution < 1.29 is 14.3 Å². The SMILES string of the molecule is COc1ccc(CCNC(=O)CCNC(C)C)cc1OC. The van der Waals surface area contributed by atoms with Gasteiger partial charge in [0, 0.05) is 25.6 Å². The molecule has 0 heterocycles. The minimum atomic E-state index is 0.0728. The fourth-order valence-corrected chi connectivity index (χ4v) is 1.95. The van der Waals surface area contributed by atoms with E-state index in [1.807, 2.05) is 18.2 Å². The van der Waals surface area contributed by atoms with Crippen LogP contribution in [0.25, 0.3) is 0 Å². The smallest absolute Gasteiger partial charge is 0.221 e. The average molecular weight is 294 g/mol. The highest BCUT2D eigenvalue weighted by molar-refractivity contribution is 5.76. The van der Waals surface area contributed by atoms with Crippen LogP contribution in [0.1, 0.15) is 25.8 Å². The number of carbonyl (C=O) groups excluding carboxylic acids is 1. The van der Waals surface area contributed by atoms with Gasteiger partial charge in [-0.05, 0) is 24.1 Å². The Balaban J connectivity index is 2.33. The normalized spacial score (nSPS) is 10.5. The molecule has 0 atom stereocenters. The standard InChI is InChI=1S/C16H26N2O3/c1-12(2)17-10-8-16(19)18-9-7-13-5-6-14(20-3)15(11-13)21-4/h5-6,11-12,17H,7-10H2,1-4H3,(H,18,19). The summed E-state index contributed by atoms with van der Waals surface area (Å²) in [5.41, 5.74) is 1.10. The highest BCUT2D eigenvalue weighted by Gasteiger charge is 2.05. The Morgan fingerprint density at radius 3 is 2.48 bits per heavy atom. The molecule has 0 aromatic heterocycles. The third kappa shape index (κ3) is 6.49. The molecule has 0 bridgehead atoms. The van der Waals surface area contributed by atoms with Gasteiger partial charge < -0.3 is 20.1 Å². The zero-order valence-corrected chi connectivity index (χ0v) is 13.4. The Labute approximate surface area is 127 Å². The predicted molar refractivity (Wildman–Crippen MR) is 84.0 cm³/mol. The Hall–Kier alpha value is -1.75. The largest absolute Gasteiger partial charge is 0.493 e. The number of rotatable bonds is 9. The van der Waals surface area contributed by atoms with Crippen molar-refractivity contribution in [3.63, 3.8) is 0 Å². The van der Waals surface area contributed by atoms with Gasteiger partial charge in [0.2, 0.25) is 5.91 Å². The van der Waals surface area contributed by atoms with Crippen LogP contribution in [0.3, 0.4) is 0 Å². The fraction of sp³-hybridized carbons (Fsp3) is 0.562. The third-order valence-electron chi connectivity index (χ3n) is 3.09. The first-order valence-corrected chi connectivity index (χ1v) is 7.27. The van der Waals surface area contributed by atoms with Gasteiger partial charge in [0.15, 0.2) is 11.5 Å². The van der Waals surface area contributed by atoms with Crippen LogP contribution in [0, 0.1) is 0 Å². The van der Waals surface area contributed by atoms with Gasteiger partial charge in [0.25, 0.3) is 0 Å². The molecule has 0 aliphatic rings. The zero-order valence-electron chi connectivity index (χ0n) is 13.4. The number of carbonyl (C=O) groups is 1. The van der Waals surface area contributed by atoms with E-state index < -0.39 is 0 Å². The molecular weight excluding hydrogens is 268 g/mol. The van der Waals surface area contributed by atoms with Gasteiger partial charge in [-0.1, -0.05) is 19.9 Å². The molecule has 2 N–H and O–H groups in total. The van der Waals surface area contributed by atoms with Crippen molar-refractivity contribution in [2.24, 2.45) is 0 Å². The van der Waals surface area contributed by atoms with E-state index in [1.165, 1.54) is 0 Å². The van der Waals surface area contributed by atoms with Crippen molar-refractivity contribution >= 4 is 5.91 Å². The molecule has 21 heavy (non-hydrogen) atoms. The van der Waals surface area contributed by atoms with E-state index in [1.54, 1.807) is 14.2 Å². The summed E-state index contributed by atoms with van der Waals surface area (Å²) in [7, 11) is 3.23. The van der Waals surface area contributed by atoms with Crippen LogP contribution in [-0.4, -0.2) is 39.3 Å². The molecule has 0 aliphatic carbocycles. The summed E-state index contributed by atoms with van der Waals surface area (Å²) in [6.07, 6.45) is 1.27. The first kappa shape index (κ1) is 17.3. The summed E-state index contributed by atoms with van der Waals surface area (Å²) in [5.74, 6) is 1.50. The molecule has 0 aliphatic heterocycles. The molecule has 1 rings (SSSR count). The van der Waals surface area contributed by atoms with Gasteiger partial charge in [-0.25, -0.2) is 0 Å². The molecule has 0 saturated carbocycles. The van der Waals surface area contributed by atoms with Gasteiger partial charge in [-0.3, -0.25) is 4.79 Å². The predicted octanol–water partition coefficient (Wildman–Crippen LogP) is 1.75. The molecule has 0 unspecified atom stereocenters. The van der Waals surface area contributed by atoms with E-state index in [9.17, 15) is 4.79 Å². The van der Waals surface area contributed by atoms with E-state index in [4.69, 9.17) is 9.47 Å². The lowest BCUT2D eigenvalue weighted by atomic mass is 10.1. The lowest BCUT2D eigenvalue weighted by Crippen LogP contribution is -2.31. The number of benzene rings is 1. The van der Waals surface area contributed by atoms with Crippen LogP contribution in [0.2, 0.25) is 0 Å². The van der Waals surface area contributed by atoms with Crippen molar-refractivity contribution in [2.75, 3.05) is 27.3 Å². The quantitative estimate of drug-likeness (QED) is 0.728. The molecule has 5 heteroatoms. The average Bonchev–Trinajstić information content (AvgIpc) is 2.46. The number of hydrogen-bond acceptors (Lipinski definition) is 4. The summed E-state index contributed by atoms with van der Waals surface area (Å²) in [6.45, 7) is 5.46. The van der Waals surface area contributed by atoms with Crippen molar-refractivity contribution in [3.05, 3.63) is 23.8 Å². The maximum atomic E-state index is 11.6. The second-order valence-electron chi connectivity index (χ2n) is 5.15. The van der Waals surface area contributed by atoms with Crippen LogP contribution in [0.15, 0.2) is 18.2 Å². The lowest BCUT2D eigenvalue weighted by Gasteiger charge is -2.10. The van der Waals surface area contributed by atoms with Crippen LogP contribution >= 0.6 is 0 Å². The Morgan fingerprint density at radius 2 is 1.86 bits per heavy atom. The second kappa shape index (κ2) is 9.23. The second-order valence-corrected chi connectivity index (χ2v) is 5.15. The summed E-state index contributed by atoms with van der Waals surface area (Å²) >= 11 is 0. The maximum Gasteiger partial charge on any atom is 0.221 e. The van der Waals surface area contributed by atoms with Crippen LogP contribution < -0.4 is 20.1 Å². The Bertz CT molecular complexity index is 447. The first-order valence-electron chi connectivity index (χ1n) is 7.27. The molecule has 0 saturated heterocycles. The number of hydrogen-bond donors (Lipinski definition) is 2. The van der Waals surface area contributed by atoms with Crippen molar-refractivity contribution in [1.29, 1.82) is 0 Å². The lowest BCUT2D eigenvalue weighted by molar-refractivity contribution is -0.120. The molecule has 5 nitrogen and oxygen atoms in total. The van der Waals surface area contributed by atoms with E-state index in [0.717, 1.165) is 12.0 Å². The number of nitrogens with one attached hydrogen (secondary N) is 2. The van der Waals surface area contributed by atoms with Gasteiger partial charge in [-0.2, -0.15) is 0 Å². The molecule has 0 spiro atoms. The maximum absolute atomic E-state index is 11.6. The summed E-state index contributed by atoms with van der Waals surface area (Å²) in [6, 6.07) is 6.20. The van der Waals surface area contributed by atoms with Gasteiger partial charge >= 0.3 is 0 Å². The first-order chi connectivity index (χ1) is 10.1. The van der Waals surface area contributed by atoms with Crippen LogP contribution in [0.5, 0.6) is 11.5 Å². The Kier molecular flexibility index (Phi) is 7.61. The third-order valence-corrected chi connectivity index (χ3v) is 3.09. The molecule has 1 aromatic rings. The van der Waals surface area contributed by atoms with Crippen molar-refractivity contribution in [1.82, 2.24) is 10.6 Å². The number of ether oxygens (including phenoxy) is 2. The van der Waals surface area contributed by atoms with Gasteiger partial charge in [0.05, 0.1) is 14.2 Å². The molecule has 1 aromatic carbocycles. The van der Waals surface area contributed by atoms with Gasteiger partial charge in [-0.15, -0.1) is 0 Å². The summed E-state index contributed by atoms with van der Waals surface area (Å²) < 4.78 is 10.5. The number of amides is 1. The van der Waals surface area contributed by atoms with E-state index >= 15 is 0 Å². The van der Waals surface area contributed by atoms with Gasteiger partial charge in [0.1, 0.15) is 0 Å². The van der Waals surface area contributed by atoms with E-state index in [-0.39, 0.29) is 5.91 Å². The molecule has 118 valence electrons. The summed E-state index contributed by atoms with van der Waals surface area (Å²) in [4.78, 5) is 11.6. The zero-order chi connectivity index (χ0) is 15.7. The Morgan fingerprint density at radius 1 is 1.14 bits per heavy atom. The fourth-order valence-electron chi connectivity index (χ4n) is 1.95. The molecule has 0 radical (unpaired) electrons. The van der Waals surface area contributed by atoms with E-state index in [0.29, 0.717) is 37.1 Å².